The van der Waals surface area contributed by atoms with Crippen LogP contribution in [0.25, 0.3) is 0 Å². The summed E-state index contributed by atoms with van der Waals surface area (Å²) in [6.07, 6.45) is 1.12. The molecule has 0 aliphatic rings. The van der Waals surface area contributed by atoms with Gasteiger partial charge in [-0.1, -0.05) is 25.1 Å². The van der Waals surface area contributed by atoms with E-state index in [1.165, 1.54) is 0 Å². The number of methoxy groups -OCH3 is 1. The molecule has 0 fully saturated rings. The second kappa shape index (κ2) is 8.97. The lowest BCUT2D eigenvalue weighted by atomic mass is 10.1. The molecule has 1 atom stereocenters. The molecule has 5 nitrogen and oxygen atoms in total. The van der Waals surface area contributed by atoms with Crippen LogP contribution in [0.15, 0.2) is 47.5 Å². The molecule has 0 radical (unpaired) electrons. The van der Waals surface area contributed by atoms with Crippen molar-refractivity contribution >= 4 is 11.6 Å². The molecular weight excluding hydrogens is 314 g/mol. The van der Waals surface area contributed by atoms with E-state index in [4.69, 9.17) is 15.2 Å². The Kier molecular flexibility index (Phi) is 6.69. The zero-order chi connectivity index (χ0) is 18.2. The Hall–Kier alpha value is -2.69. The number of anilines is 1. The molecule has 0 aliphatic heterocycles. The molecular formula is C20H27N3O2. The minimum atomic E-state index is 0.164. The maximum absolute atomic E-state index is 6.01. The van der Waals surface area contributed by atoms with Crippen LogP contribution in [0, 0.1) is 6.92 Å². The first kappa shape index (κ1) is 18.6. The van der Waals surface area contributed by atoms with E-state index in [1.54, 1.807) is 7.11 Å². The molecule has 2 aromatic rings. The van der Waals surface area contributed by atoms with Crippen molar-refractivity contribution in [3.05, 3.63) is 53.6 Å². The molecule has 1 unspecified atom stereocenters. The highest BCUT2D eigenvalue weighted by molar-refractivity contribution is 5.92. The Morgan fingerprint density at radius 2 is 2.04 bits per heavy atom. The van der Waals surface area contributed by atoms with Gasteiger partial charge in [0.15, 0.2) is 5.96 Å². The highest BCUT2D eigenvalue weighted by Crippen LogP contribution is 2.23. The van der Waals surface area contributed by atoms with Crippen molar-refractivity contribution in [3.63, 3.8) is 0 Å². The quantitative estimate of drug-likeness (QED) is 0.587. The largest absolute Gasteiger partial charge is 0.497 e. The van der Waals surface area contributed by atoms with Gasteiger partial charge in [-0.15, -0.1) is 0 Å². The number of aryl methyl sites for hydroxylation is 1. The third kappa shape index (κ3) is 5.71. The molecule has 0 aromatic heterocycles. The fourth-order valence-electron chi connectivity index (χ4n) is 2.26. The number of nitrogens with one attached hydrogen (secondary N) is 1. The van der Waals surface area contributed by atoms with Gasteiger partial charge in [-0.3, -0.25) is 0 Å². The molecule has 2 aromatic carbocycles. The maximum atomic E-state index is 6.01. The number of rotatable bonds is 7. The number of hydrogen-bond acceptors (Lipinski definition) is 3. The van der Waals surface area contributed by atoms with Gasteiger partial charge in [-0.05, 0) is 44.0 Å². The Labute approximate surface area is 149 Å². The van der Waals surface area contributed by atoms with E-state index in [0.29, 0.717) is 12.5 Å². The van der Waals surface area contributed by atoms with Gasteiger partial charge in [-0.25, -0.2) is 4.99 Å². The van der Waals surface area contributed by atoms with E-state index in [1.807, 2.05) is 36.4 Å². The van der Waals surface area contributed by atoms with Crippen LogP contribution < -0.4 is 20.5 Å². The van der Waals surface area contributed by atoms with Gasteiger partial charge in [0.1, 0.15) is 11.5 Å². The van der Waals surface area contributed by atoms with Crippen LogP contribution in [0.2, 0.25) is 0 Å². The van der Waals surface area contributed by atoms with Crippen LogP contribution in [0.4, 0.5) is 5.69 Å². The lowest BCUT2D eigenvalue weighted by Crippen LogP contribution is -2.22. The van der Waals surface area contributed by atoms with Crippen LogP contribution in [0.1, 0.15) is 31.4 Å². The minimum absolute atomic E-state index is 0.164. The maximum Gasteiger partial charge on any atom is 0.193 e. The van der Waals surface area contributed by atoms with E-state index in [2.05, 4.69) is 37.1 Å². The standard InChI is InChI=1S/C20H27N3O2/c1-5-15(3)25-19-11-14(2)9-10-16(19)13-22-20(21)23-17-7-6-8-18(12-17)24-4/h6-12,15H,5,13H2,1-4H3,(H3,21,22,23). The number of guanidine groups is 1. The summed E-state index contributed by atoms with van der Waals surface area (Å²) in [6, 6.07) is 13.7. The first-order valence-corrected chi connectivity index (χ1v) is 8.49. The molecule has 0 saturated heterocycles. The zero-order valence-electron chi connectivity index (χ0n) is 15.4. The number of nitrogens with zero attached hydrogens (tertiary/aromatic N) is 1. The van der Waals surface area contributed by atoms with Crippen molar-refractivity contribution in [2.45, 2.75) is 39.8 Å². The van der Waals surface area contributed by atoms with Gasteiger partial charge in [0.25, 0.3) is 0 Å². The lowest BCUT2D eigenvalue weighted by molar-refractivity contribution is 0.215. The molecule has 0 bridgehead atoms. The molecule has 25 heavy (non-hydrogen) atoms. The van der Waals surface area contributed by atoms with E-state index < -0.39 is 0 Å². The Bertz CT molecular complexity index is 729. The summed E-state index contributed by atoms with van der Waals surface area (Å²) < 4.78 is 11.2. The molecule has 0 heterocycles. The Morgan fingerprint density at radius 3 is 2.76 bits per heavy atom. The highest BCUT2D eigenvalue weighted by atomic mass is 16.5. The minimum Gasteiger partial charge on any atom is -0.497 e. The fraction of sp³-hybridized carbons (Fsp3) is 0.350. The summed E-state index contributed by atoms with van der Waals surface area (Å²) in [5.41, 5.74) is 9.02. The normalized spacial score (nSPS) is 12.6. The molecule has 2 rings (SSSR count). The number of ether oxygens (including phenoxy) is 2. The predicted octanol–water partition coefficient (Wildman–Crippen LogP) is 4.11. The molecule has 0 spiro atoms. The van der Waals surface area contributed by atoms with Crippen molar-refractivity contribution in [1.29, 1.82) is 0 Å². The van der Waals surface area contributed by atoms with Crippen LogP contribution in [0.5, 0.6) is 11.5 Å². The number of hydrogen-bond donors (Lipinski definition) is 2. The van der Waals surface area contributed by atoms with Gasteiger partial charge < -0.3 is 20.5 Å². The highest BCUT2D eigenvalue weighted by Gasteiger charge is 2.08. The van der Waals surface area contributed by atoms with Crippen LogP contribution in [-0.4, -0.2) is 19.2 Å². The van der Waals surface area contributed by atoms with Crippen molar-refractivity contribution in [2.24, 2.45) is 10.7 Å². The van der Waals surface area contributed by atoms with Gasteiger partial charge >= 0.3 is 0 Å². The summed E-state index contributed by atoms with van der Waals surface area (Å²) in [6.45, 7) is 6.67. The van der Waals surface area contributed by atoms with Gasteiger partial charge in [-0.2, -0.15) is 0 Å². The molecule has 0 amide bonds. The number of benzene rings is 2. The third-order valence-electron chi connectivity index (χ3n) is 3.89. The van der Waals surface area contributed by atoms with E-state index in [-0.39, 0.29) is 6.10 Å². The lowest BCUT2D eigenvalue weighted by Gasteiger charge is -2.16. The average molecular weight is 341 g/mol. The van der Waals surface area contributed by atoms with Gasteiger partial charge in [0.05, 0.1) is 19.8 Å². The zero-order valence-corrected chi connectivity index (χ0v) is 15.4. The molecule has 5 heteroatoms. The van der Waals surface area contributed by atoms with Gasteiger partial charge in [0, 0.05) is 17.3 Å². The number of aliphatic imine (C=N–C) groups is 1. The third-order valence-corrected chi connectivity index (χ3v) is 3.89. The molecule has 3 N–H and O–H groups in total. The first-order valence-electron chi connectivity index (χ1n) is 8.49. The summed E-state index contributed by atoms with van der Waals surface area (Å²) in [5, 5.41) is 3.08. The Balaban J connectivity index is 2.09. The SMILES string of the molecule is CCC(C)Oc1cc(C)ccc1CN=C(N)Nc1cccc(OC)c1. The topological polar surface area (TPSA) is 68.9 Å². The van der Waals surface area contributed by atoms with Crippen molar-refractivity contribution in [2.75, 3.05) is 12.4 Å². The summed E-state index contributed by atoms with van der Waals surface area (Å²) in [4.78, 5) is 4.43. The van der Waals surface area contributed by atoms with Crippen molar-refractivity contribution in [3.8, 4) is 11.5 Å². The monoisotopic (exact) mass is 341 g/mol. The molecule has 0 aliphatic carbocycles. The van der Waals surface area contributed by atoms with E-state index >= 15 is 0 Å². The van der Waals surface area contributed by atoms with Crippen LogP contribution in [-0.2, 0) is 6.54 Å². The first-order chi connectivity index (χ1) is 12.0. The molecule has 134 valence electrons. The fourth-order valence-corrected chi connectivity index (χ4v) is 2.26. The van der Waals surface area contributed by atoms with Crippen LogP contribution in [0.3, 0.4) is 0 Å². The van der Waals surface area contributed by atoms with Crippen molar-refractivity contribution in [1.82, 2.24) is 0 Å². The van der Waals surface area contributed by atoms with Gasteiger partial charge in [0.2, 0.25) is 0 Å². The van der Waals surface area contributed by atoms with E-state index in [0.717, 1.165) is 34.7 Å². The second-order valence-corrected chi connectivity index (χ2v) is 6.01. The predicted molar refractivity (Wildman–Crippen MR) is 104 cm³/mol. The summed E-state index contributed by atoms with van der Waals surface area (Å²) in [5.74, 6) is 1.98. The molecule has 0 saturated carbocycles. The Morgan fingerprint density at radius 1 is 1.24 bits per heavy atom. The second-order valence-electron chi connectivity index (χ2n) is 6.01. The average Bonchev–Trinajstić information content (AvgIpc) is 2.61. The van der Waals surface area contributed by atoms with Crippen LogP contribution >= 0.6 is 0 Å². The summed E-state index contributed by atoms with van der Waals surface area (Å²) in [7, 11) is 1.63. The smallest absolute Gasteiger partial charge is 0.193 e. The van der Waals surface area contributed by atoms with E-state index in [9.17, 15) is 0 Å². The number of nitrogens with two attached hydrogens (primary N) is 1. The summed E-state index contributed by atoms with van der Waals surface area (Å²) >= 11 is 0. The van der Waals surface area contributed by atoms with Crippen molar-refractivity contribution < 1.29 is 9.47 Å².